The Bertz CT molecular complexity index is 823. The second kappa shape index (κ2) is 7.79. The van der Waals surface area contributed by atoms with E-state index >= 15 is 0 Å². The molecule has 0 spiro atoms. The van der Waals surface area contributed by atoms with E-state index in [0.29, 0.717) is 6.42 Å². The van der Waals surface area contributed by atoms with Crippen molar-refractivity contribution >= 4 is 5.91 Å². The third-order valence-electron chi connectivity index (χ3n) is 5.11. The summed E-state index contributed by atoms with van der Waals surface area (Å²) in [5.41, 5.74) is 4.58. The number of piperidine rings is 1. The van der Waals surface area contributed by atoms with Crippen LogP contribution in [0.1, 0.15) is 63.0 Å². The molecule has 1 saturated heterocycles. The summed E-state index contributed by atoms with van der Waals surface area (Å²) in [5.74, 6) is 1.31. The van der Waals surface area contributed by atoms with Crippen LogP contribution >= 0.6 is 0 Å². The summed E-state index contributed by atoms with van der Waals surface area (Å²) in [6.45, 7) is 12.0. The number of aromatic nitrogens is 2. The predicted molar refractivity (Wildman–Crippen MR) is 110 cm³/mol. The van der Waals surface area contributed by atoms with Gasteiger partial charge in [-0.1, -0.05) is 50.6 Å². The van der Waals surface area contributed by atoms with Crippen molar-refractivity contribution in [2.75, 3.05) is 13.1 Å². The van der Waals surface area contributed by atoms with Gasteiger partial charge in [-0.3, -0.25) is 4.79 Å². The zero-order chi connectivity index (χ0) is 19.6. The highest BCUT2D eigenvalue weighted by atomic mass is 16.2. The molecule has 144 valence electrons. The maximum absolute atomic E-state index is 12.8. The minimum Gasteiger partial charge on any atom is -0.342 e. The topological polar surface area (TPSA) is 46.1 Å². The van der Waals surface area contributed by atoms with Crippen LogP contribution in [0.15, 0.2) is 30.5 Å². The second-order valence-electron chi connectivity index (χ2n) is 9.00. The van der Waals surface area contributed by atoms with Crippen LogP contribution in [-0.4, -0.2) is 33.9 Å². The molecule has 3 rings (SSSR count). The van der Waals surface area contributed by atoms with Crippen molar-refractivity contribution in [3.63, 3.8) is 0 Å². The van der Waals surface area contributed by atoms with Gasteiger partial charge in [-0.2, -0.15) is 0 Å². The number of likely N-dealkylation sites (tertiary alicyclic amines) is 1. The minimum atomic E-state index is 0.0161. The van der Waals surface area contributed by atoms with Gasteiger partial charge in [-0.15, -0.1) is 0 Å². The molecule has 27 heavy (non-hydrogen) atoms. The lowest BCUT2D eigenvalue weighted by atomic mass is 9.88. The number of nitrogens with zero attached hydrogens (tertiary/aromatic N) is 3. The first-order chi connectivity index (χ1) is 12.7. The van der Waals surface area contributed by atoms with E-state index in [1.165, 1.54) is 5.56 Å². The molecule has 0 aliphatic carbocycles. The van der Waals surface area contributed by atoms with Crippen LogP contribution in [0.25, 0.3) is 11.1 Å². The maximum Gasteiger partial charge on any atom is 0.223 e. The van der Waals surface area contributed by atoms with E-state index in [-0.39, 0.29) is 17.2 Å². The third kappa shape index (κ3) is 4.94. The molecule has 1 amide bonds. The van der Waals surface area contributed by atoms with E-state index in [1.807, 2.05) is 18.0 Å². The Balaban J connectivity index is 1.89. The summed E-state index contributed by atoms with van der Waals surface area (Å²) in [4.78, 5) is 24.1. The first kappa shape index (κ1) is 19.5. The van der Waals surface area contributed by atoms with Crippen LogP contribution in [-0.2, 0) is 4.79 Å². The highest BCUT2D eigenvalue weighted by Crippen LogP contribution is 2.34. The first-order valence-electron chi connectivity index (χ1n) is 9.91. The third-order valence-corrected chi connectivity index (χ3v) is 5.11. The number of hydrogen-bond donors (Lipinski definition) is 0. The molecule has 2 aromatic rings. The van der Waals surface area contributed by atoms with Crippen LogP contribution < -0.4 is 0 Å². The number of carbonyl (C=O) groups excluding carboxylic acids is 1. The van der Waals surface area contributed by atoms with Gasteiger partial charge >= 0.3 is 0 Å². The van der Waals surface area contributed by atoms with Crippen LogP contribution in [0.5, 0.6) is 0 Å². The van der Waals surface area contributed by atoms with Crippen LogP contribution in [0.4, 0.5) is 0 Å². The summed E-state index contributed by atoms with van der Waals surface area (Å²) in [6.07, 6.45) is 4.63. The van der Waals surface area contributed by atoms with Crippen molar-refractivity contribution < 1.29 is 4.79 Å². The molecule has 1 atom stereocenters. The minimum absolute atomic E-state index is 0.0161. The fourth-order valence-electron chi connectivity index (χ4n) is 3.83. The normalized spacial score (nSPS) is 17.8. The van der Waals surface area contributed by atoms with Gasteiger partial charge < -0.3 is 4.90 Å². The molecule has 1 aromatic carbocycles. The number of amides is 1. The van der Waals surface area contributed by atoms with E-state index in [2.05, 4.69) is 56.9 Å². The van der Waals surface area contributed by atoms with E-state index in [4.69, 9.17) is 4.98 Å². The molecule has 0 bridgehead atoms. The highest BCUT2D eigenvalue weighted by Gasteiger charge is 2.29. The molecule has 0 N–H and O–H groups in total. The molecule has 0 radical (unpaired) electrons. The quantitative estimate of drug-likeness (QED) is 0.777. The van der Waals surface area contributed by atoms with Crippen LogP contribution in [0, 0.1) is 19.3 Å². The molecule has 1 aromatic heterocycles. The number of benzene rings is 1. The van der Waals surface area contributed by atoms with Gasteiger partial charge in [0.2, 0.25) is 5.91 Å². The summed E-state index contributed by atoms with van der Waals surface area (Å²) < 4.78 is 0. The lowest BCUT2D eigenvalue weighted by Gasteiger charge is -2.35. The molecule has 1 unspecified atom stereocenters. The van der Waals surface area contributed by atoms with Crippen LogP contribution in [0.3, 0.4) is 0 Å². The monoisotopic (exact) mass is 365 g/mol. The summed E-state index contributed by atoms with van der Waals surface area (Å²) >= 11 is 0. The van der Waals surface area contributed by atoms with E-state index in [0.717, 1.165) is 48.6 Å². The van der Waals surface area contributed by atoms with Crippen molar-refractivity contribution in [2.24, 2.45) is 5.41 Å². The van der Waals surface area contributed by atoms with Gasteiger partial charge in [0.1, 0.15) is 5.82 Å². The fourth-order valence-corrected chi connectivity index (χ4v) is 3.83. The van der Waals surface area contributed by atoms with Gasteiger partial charge in [0.25, 0.3) is 0 Å². The first-order valence-corrected chi connectivity index (χ1v) is 9.91. The van der Waals surface area contributed by atoms with Crippen molar-refractivity contribution in [3.05, 3.63) is 47.5 Å². The van der Waals surface area contributed by atoms with Crippen molar-refractivity contribution in [2.45, 2.75) is 59.8 Å². The average molecular weight is 366 g/mol. The average Bonchev–Trinajstić information content (AvgIpc) is 2.60. The van der Waals surface area contributed by atoms with Crippen molar-refractivity contribution in [1.82, 2.24) is 14.9 Å². The number of rotatable bonds is 3. The number of aryl methyl sites for hydroxylation is 2. The second-order valence-corrected chi connectivity index (χ2v) is 9.00. The van der Waals surface area contributed by atoms with Gasteiger partial charge in [0.15, 0.2) is 0 Å². The molecule has 4 nitrogen and oxygen atoms in total. The van der Waals surface area contributed by atoms with Crippen LogP contribution in [0.2, 0.25) is 0 Å². The van der Waals surface area contributed by atoms with E-state index in [9.17, 15) is 4.79 Å². The Morgan fingerprint density at radius 3 is 2.74 bits per heavy atom. The Hall–Kier alpha value is -2.23. The maximum atomic E-state index is 12.8. The Morgan fingerprint density at radius 1 is 1.26 bits per heavy atom. The molecule has 2 heterocycles. The molecule has 4 heteroatoms. The largest absolute Gasteiger partial charge is 0.342 e. The lowest BCUT2D eigenvalue weighted by molar-refractivity contribution is -0.134. The molecule has 1 fully saturated rings. The summed E-state index contributed by atoms with van der Waals surface area (Å²) in [6, 6.07) is 8.48. The summed E-state index contributed by atoms with van der Waals surface area (Å²) in [5, 5.41) is 0. The highest BCUT2D eigenvalue weighted by molar-refractivity contribution is 5.77. The van der Waals surface area contributed by atoms with E-state index < -0.39 is 0 Å². The molecular formula is C23H31N3O. The smallest absolute Gasteiger partial charge is 0.223 e. The van der Waals surface area contributed by atoms with Gasteiger partial charge in [0.05, 0.1) is 5.69 Å². The number of carbonyl (C=O) groups is 1. The zero-order valence-corrected chi connectivity index (χ0v) is 17.2. The van der Waals surface area contributed by atoms with E-state index in [1.54, 1.807) is 0 Å². The van der Waals surface area contributed by atoms with Crippen molar-refractivity contribution in [1.29, 1.82) is 0 Å². The SMILES string of the molecule is Cc1cccc(-c2cnc(C)nc2C2CCCN(C(=O)CC(C)(C)C)C2)c1. The van der Waals surface area contributed by atoms with Crippen molar-refractivity contribution in [3.8, 4) is 11.1 Å². The summed E-state index contributed by atoms with van der Waals surface area (Å²) in [7, 11) is 0. The van der Waals surface area contributed by atoms with Gasteiger partial charge in [-0.25, -0.2) is 9.97 Å². The fraction of sp³-hybridized carbons (Fsp3) is 0.522. The van der Waals surface area contributed by atoms with Gasteiger partial charge in [-0.05, 0) is 37.7 Å². The lowest BCUT2D eigenvalue weighted by Crippen LogP contribution is -2.40. The standard InChI is InChI=1S/C23H31N3O/c1-16-8-6-9-18(12-16)20-14-24-17(2)25-22(20)19-10-7-11-26(15-19)21(27)13-23(3,4)5/h6,8-9,12,14,19H,7,10-11,13,15H2,1-5H3. The Labute approximate surface area is 163 Å². The molecule has 1 aliphatic heterocycles. The Morgan fingerprint density at radius 2 is 2.04 bits per heavy atom. The Kier molecular flexibility index (Phi) is 5.64. The molecule has 0 saturated carbocycles. The zero-order valence-electron chi connectivity index (χ0n) is 17.2. The van der Waals surface area contributed by atoms with Gasteiger partial charge in [0, 0.05) is 37.2 Å². The molecular weight excluding hydrogens is 334 g/mol. The predicted octanol–water partition coefficient (Wildman–Crippen LogP) is 4.90. The number of hydrogen-bond acceptors (Lipinski definition) is 3. The molecule has 1 aliphatic rings.